The van der Waals surface area contributed by atoms with Gasteiger partial charge in [0, 0.05) is 23.7 Å². The molecule has 1 fully saturated rings. The monoisotopic (exact) mass is 233 g/mol. The maximum Gasteiger partial charge on any atom is 0.133 e. The largest absolute Gasteiger partial charge is 0.367 e. The lowest BCUT2D eigenvalue weighted by Crippen LogP contribution is -2.17. The molecule has 1 heterocycles. The van der Waals surface area contributed by atoms with E-state index in [1.54, 1.807) is 0 Å². The highest BCUT2D eigenvalue weighted by Crippen LogP contribution is 2.27. The average Bonchev–Trinajstić information content (AvgIpc) is 2.63. The predicted molar refractivity (Wildman–Crippen MR) is 71.3 cm³/mol. The molecule has 0 bridgehead atoms. The van der Waals surface area contributed by atoms with Crippen molar-refractivity contribution < 1.29 is 0 Å². The van der Waals surface area contributed by atoms with Gasteiger partial charge in [-0.25, -0.2) is 9.97 Å². The molecule has 2 atom stereocenters. The average molecular weight is 233 g/mol. The third kappa shape index (κ3) is 3.18. The van der Waals surface area contributed by atoms with Crippen LogP contribution in [0.1, 0.15) is 57.5 Å². The number of anilines is 1. The first-order valence-electron chi connectivity index (χ1n) is 6.66. The van der Waals surface area contributed by atoms with Crippen molar-refractivity contribution in [2.45, 2.75) is 58.9 Å². The van der Waals surface area contributed by atoms with E-state index in [1.165, 1.54) is 19.3 Å². The van der Waals surface area contributed by atoms with Crippen molar-refractivity contribution in [2.75, 3.05) is 5.32 Å². The van der Waals surface area contributed by atoms with Gasteiger partial charge in [0.2, 0.25) is 0 Å². The molecule has 3 nitrogen and oxygen atoms in total. The van der Waals surface area contributed by atoms with Crippen molar-refractivity contribution >= 4 is 5.82 Å². The van der Waals surface area contributed by atoms with Gasteiger partial charge in [0.05, 0.1) is 0 Å². The first kappa shape index (κ1) is 12.3. The minimum Gasteiger partial charge on any atom is -0.367 e. The molecule has 0 aromatic carbocycles. The molecule has 1 aromatic heterocycles. The summed E-state index contributed by atoms with van der Waals surface area (Å²) in [5, 5.41) is 3.56. The van der Waals surface area contributed by atoms with Crippen molar-refractivity contribution in [2.24, 2.45) is 5.92 Å². The zero-order chi connectivity index (χ0) is 12.4. The fourth-order valence-corrected chi connectivity index (χ4v) is 2.47. The third-order valence-electron chi connectivity index (χ3n) is 3.43. The molecule has 2 unspecified atom stereocenters. The maximum absolute atomic E-state index is 4.60. The minimum atomic E-state index is 0.387. The number of hydrogen-bond acceptors (Lipinski definition) is 3. The van der Waals surface area contributed by atoms with Gasteiger partial charge < -0.3 is 5.32 Å². The van der Waals surface area contributed by atoms with Gasteiger partial charge in [-0.3, -0.25) is 0 Å². The summed E-state index contributed by atoms with van der Waals surface area (Å²) in [6.07, 6.45) is 3.86. The fraction of sp³-hybridized carbons (Fsp3) is 0.714. The molecule has 1 N–H and O–H groups in total. The molecule has 0 radical (unpaired) electrons. The molecule has 94 valence electrons. The van der Waals surface area contributed by atoms with Crippen LogP contribution in [0.5, 0.6) is 0 Å². The molecule has 17 heavy (non-hydrogen) atoms. The summed E-state index contributed by atoms with van der Waals surface area (Å²) in [5.74, 6) is 3.18. The van der Waals surface area contributed by atoms with Crippen LogP contribution in [-0.4, -0.2) is 16.0 Å². The highest BCUT2D eigenvalue weighted by Gasteiger charge is 2.21. The van der Waals surface area contributed by atoms with Gasteiger partial charge in [-0.1, -0.05) is 20.8 Å². The van der Waals surface area contributed by atoms with Gasteiger partial charge in [0.25, 0.3) is 0 Å². The van der Waals surface area contributed by atoms with Crippen LogP contribution in [-0.2, 0) is 0 Å². The summed E-state index contributed by atoms with van der Waals surface area (Å²) in [6.45, 7) is 8.63. The van der Waals surface area contributed by atoms with E-state index in [0.29, 0.717) is 12.0 Å². The van der Waals surface area contributed by atoms with E-state index in [0.717, 1.165) is 23.3 Å². The number of aryl methyl sites for hydroxylation is 1. The second kappa shape index (κ2) is 5.03. The summed E-state index contributed by atoms with van der Waals surface area (Å²) in [7, 11) is 0. The molecular weight excluding hydrogens is 210 g/mol. The topological polar surface area (TPSA) is 37.8 Å². The number of nitrogens with one attached hydrogen (secondary N) is 1. The lowest BCUT2D eigenvalue weighted by Gasteiger charge is -2.15. The van der Waals surface area contributed by atoms with Gasteiger partial charge in [0.15, 0.2) is 0 Å². The predicted octanol–water partition coefficient (Wildman–Crippen LogP) is 3.51. The van der Waals surface area contributed by atoms with Gasteiger partial charge >= 0.3 is 0 Å². The fourth-order valence-electron chi connectivity index (χ4n) is 2.47. The molecule has 1 aromatic rings. The standard InChI is InChI=1S/C14H23N3/c1-9(2)14-15-11(4)8-13(17-14)16-12-6-5-10(3)7-12/h8-10,12H,5-7H2,1-4H3,(H,15,16,17). The zero-order valence-electron chi connectivity index (χ0n) is 11.3. The zero-order valence-corrected chi connectivity index (χ0v) is 11.3. The summed E-state index contributed by atoms with van der Waals surface area (Å²) >= 11 is 0. The van der Waals surface area contributed by atoms with Crippen LogP contribution >= 0.6 is 0 Å². The van der Waals surface area contributed by atoms with E-state index in [4.69, 9.17) is 0 Å². The number of aromatic nitrogens is 2. The minimum absolute atomic E-state index is 0.387. The van der Waals surface area contributed by atoms with E-state index in [-0.39, 0.29) is 0 Å². The molecule has 3 heteroatoms. The SMILES string of the molecule is Cc1cc(NC2CCC(C)C2)nc(C(C)C)n1. The van der Waals surface area contributed by atoms with Crippen LogP contribution in [0.4, 0.5) is 5.82 Å². The Hall–Kier alpha value is -1.12. The Morgan fingerprint density at radius 1 is 1.29 bits per heavy atom. The van der Waals surface area contributed by atoms with Crippen molar-refractivity contribution in [1.29, 1.82) is 0 Å². The smallest absolute Gasteiger partial charge is 0.133 e. The summed E-state index contributed by atoms with van der Waals surface area (Å²) < 4.78 is 0. The van der Waals surface area contributed by atoms with Crippen LogP contribution in [0.3, 0.4) is 0 Å². The van der Waals surface area contributed by atoms with Crippen LogP contribution < -0.4 is 5.32 Å². The van der Waals surface area contributed by atoms with Crippen LogP contribution in [0.15, 0.2) is 6.07 Å². The Morgan fingerprint density at radius 3 is 2.65 bits per heavy atom. The molecule has 0 aliphatic heterocycles. The van der Waals surface area contributed by atoms with Crippen molar-refractivity contribution in [3.05, 3.63) is 17.6 Å². The highest BCUT2D eigenvalue weighted by atomic mass is 15.1. The third-order valence-corrected chi connectivity index (χ3v) is 3.43. The number of rotatable bonds is 3. The first-order valence-corrected chi connectivity index (χ1v) is 6.66. The molecule has 1 aliphatic rings. The van der Waals surface area contributed by atoms with E-state index in [9.17, 15) is 0 Å². The second-order valence-electron chi connectivity index (χ2n) is 5.67. The van der Waals surface area contributed by atoms with Crippen LogP contribution in [0.2, 0.25) is 0 Å². The van der Waals surface area contributed by atoms with Crippen molar-refractivity contribution in [3.63, 3.8) is 0 Å². The highest BCUT2D eigenvalue weighted by molar-refractivity contribution is 5.37. The van der Waals surface area contributed by atoms with Crippen LogP contribution in [0, 0.1) is 12.8 Å². The Labute approximate surface area is 104 Å². The Balaban J connectivity index is 2.10. The normalized spacial score (nSPS) is 24.3. The van der Waals surface area contributed by atoms with E-state index >= 15 is 0 Å². The number of nitrogens with zero attached hydrogens (tertiary/aromatic N) is 2. The maximum atomic E-state index is 4.60. The second-order valence-corrected chi connectivity index (χ2v) is 5.67. The van der Waals surface area contributed by atoms with Crippen molar-refractivity contribution in [3.8, 4) is 0 Å². The molecule has 2 rings (SSSR count). The number of hydrogen-bond donors (Lipinski definition) is 1. The molecule has 0 spiro atoms. The Kier molecular flexibility index (Phi) is 3.65. The first-order chi connectivity index (χ1) is 8.04. The molecule has 0 saturated heterocycles. The van der Waals surface area contributed by atoms with E-state index in [2.05, 4.69) is 42.1 Å². The molecule has 1 aliphatic carbocycles. The summed E-state index contributed by atoms with van der Waals surface area (Å²) in [6, 6.07) is 2.65. The quantitative estimate of drug-likeness (QED) is 0.868. The van der Waals surface area contributed by atoms with E-state index in [1.807, 2.05) is 6.92 Å². The van der Waals surface area contributed by atoms with Gasteiger partial charge in [-0.2, -0.15) is 0 Å². The van der Waals surface area contributed by atoms with Crippen LogP contribution in [0.25, 0.3) is 0 Å². The summed E-state index contributed by atoms with van der Waals surface area (Å²) in [5.41, 5.74) is 1.05. The molecular formula is C14H23N3. The van der Waals surface area contributed by atoms with Crippen molar-refractivity contribution in [1.82, 2.24) is 9.97 Å². The lowest BCUT2D eigenvalue weighted by atomic mass is 10.1. The Morgan fingerprint density at radius 2 is 2.06 bits per heavy atom. The van der Waals surface area contributed by atoms with Gasteiger partial charge in [0.1, 0.15) is 11.6 Å². The van der Waals surface area contributed by atoms with Gasteiger partial charge in [-0.05, 0) is 32.1 Å². The Bertz CT molecular complexity index is 387. The van der Waals surface area contributed by atoms with E-state index < -0.39 is 0 Å². The molecule has 0 amide bonds. The lowest BCUT2D eigenvalue weighted by molar-refractivity contribution is 0.602. The summed E-state index contributed by atoms with van der Waals surface area (Å²) in [4.78, 5) is 9.07. The molecule has 1 saturated carbocycles. The van der Waals surface area contributed by atoms with Gasteiger partial charge in [-0.15, -0.1) is 0 Å².